The van der Waals surface area contributed by atoms with Crippen LogP contribution >= 0.6 is 11.6 Å². The standard InChI is InChI=1S/C26H28ClN5/c27-20-4-1-3-18(15-20)9-12-22-5-2-6-23(31-22)25-17-30-26-24(29-13-14-32(25)26)16-19-7-10-21(28)11-8-19/h1-6,13-15,17,19,21H,7-12,16,28H2. The third kappa shape index (κ3) is 4.69. The van der Waals surface area contributed by atoms with E-state index < -0.39 is 0 Å². The van der Waals surface area contributed by atoms with E-state index in [2.05, 4.69) is 33.7 Å². The van der Waals surface area contributed by atoms with Crippen LogP contribution in [0.4, 0.5) is 0 Å². The number of hydrogen-bond donors (Lipinski definition) is 1. The van der Waals surface area contributed by atoms with Crippen LogP contribution in [0.2, 0.25) is 5.02 Å². The highest BCUT2D eigenvalue weighted by molar-refractivity contribution is 6.30. The Bertz CT molecular complexity index is 1210. The molecule has 0 spiro atoms. The quantitative estimate of drug-likeness (QED) is 0.437. The van der Waals surface area contributed by atoms with Gasteiger partial charge in [-0.3, -0.25) is 14.4 Å². The van der Waals surface area contributed by atoms with Gasteiger partial charge in [0, 0.05) is 29.2 Å². The Balaban J connectivity index is 1.36. The molecule has 1 fully saturated rings. The molecule has 0 aliphatic heterocycles. The number of benzene rings is 1. The number of nitrogens with zero attached hydrogens (tertiary/aromatic N) is 4. The van der Waals surface area contributed by atoms with Gasteiger partial charge in [0.05, 0.1) is 23.3 Å². The lowest BCUT2D eigenvalue weighted by atomic mass is 9.84. The lowest BCUT2D eigenvalue weighted by Crippen LogP contribution is -2.27. The number of halogens is 1. The van der Waals surface area contributed by atoms with E-state index in [4.69, 9.17) is 27.3 Å². The molecule has 4 aromatic rings. The first-order chi connectivity index (χ1) is 15.7. The maximum atomic E-state index is 6.12. The van der Waals surface area contributed by atoms with Crippen LogP contribution in [0.15, 0.2) is 61.1 Å². The second kappa shape index (κ2) is 9.39. The maximum absolute atomic E-state index is 6.12. The zero-order valence-electron chi connectivity index (χ0n) is 18.1. The van der Waals surface area contributed by atoms with Crippen molar-refractivity contribution >= 4 is 17.2 Å². The number of imidazole rings is 1. The summed E-state index contributed by atoms with van der Waals surface area (Å²) in [6.45, 7) is 0. The molecule has 164 valence electrons. The average molecular weight is 446 g/mol. The molecule has 0 atom stereocenters. The van der Waals surface area contributed by atoms with Gasteiger partial charge in [-0.25, -0.2) is 4.98 Å². The first-order valence-corrected chi connectivity index (χ1v) is 11.8. The van der Waals surface area contributed by atoms with Crippen LogP contribution < -0.4 is 5.73 Å². The van der Waals surface area contributed by atoms with Crippen LogP contribution in [0, 0.1) is 5.92 Å². The van der Waals surface area contributed by atoms with Gasteiger partial charge in [0.2, 0.25) is 0 Å². The number of aryl methyl sites for hydroxylation is 2. The maximum Gasteiger partial charge on any atom is 0.159 e. The molecule has 0 bridgehead atoms. The van der Waals surface area contributed by atoms with E-state index in [1.165, 1.54) is 18.4 Å². The highest BCUT2D eigenvalue weighted by atomic mass is 35.5. The third-order valence-corrected chi connectivity index (χ3v) is 6.74. The summed E-state index contributed by atoms with van der Waals surface area (Å²) in [5.74, 6) is 0.640. The lowest BCUT2D eigenvalue weighted by molar-refractivity contribution is 0.323. The van der Waals surface area contributed by atoms with Crippen LogP contribution in [0.25, 0.3) is 17.0 Å². The molecule has 1 aliphatic rings. The zero-order chi connectivity index (χ0) is 21.9. The van der Waals surface area contributed by atoms with Gasteiger partial charge < -0.3 is 5.73 Å². The summed E-state index contributed by atoms with van der Waals surface area (Å²) in [5.41, 5.74) is 12.3. The summed E-state index contributed by atoms with van der Waals surface area (Å²) in [6, 6.07) is 14.6. The van der Waals surface area contributed by atoms with E-state index in [-0.39, 0.29) is 0 Å². The molecule has 3 aromatic heterocycles. The monoisotopic (exact) mass is 445 g/mol. The summed E-state index contributed by atoms with van der Waals surface area (Å²) < 4.78 is 2.12. The molecule has 5 nitrogen and oxygen atoms in total. The highest BCUT2D eigenvalue weighted by Gasteiger charge is 2.21. The molecule has 0 radical (unpaired) electrons. The number of nitrogens with two attached hydrogens (primary N) is 1. The van der Waals surface area contributed by atoms with Gasteiger partial charge in [-0.1, -0.05) is 29.8 Å². The fraction of sp³-hybridized carbons (Fsp3) is 0.346. The van der Waals surface area contributed by atoms with E-state index in [1.807, 2.05) is 36.8 Å². The van der Waals surface area contributed by atoms with Crippen molar-refractivity contribution in [2.45, 2.75) is 51.0 Å². The normalized spacial score (nSPS) is 18.8. The van der Waals surface area contributed by atoms with Crippen molar-refractivity contribution in [3.8, 4) is 11.4 Å². The smallest absolute Gasteiger partial charge is 0.159 e. The van der Waals surface area contributed by atoms with Crippen LogP contribution in [-0.2, 0) is 19.3 Å². The van der Waals surface area contributed by atoms with Gasteiger partial charge in [-0.2, -0.15) is 0 Å². The first-order valence-electron chi connectivity index (χ1n) is 11.4. The molecule has 1 saturated carbocycles. The van der Waals surface area contributed by atoms with Crippen molar-refractivity contribution in [1.82, 2.24) is 19.4 Å². The van der Waals surface area contributed by atoms with Gasteiger partial charge in [0.25, 0.3) is 0 Å². The Morgan fingerprint density at radius 2 is 1.84 bits per heavy atom. The van der Waals surface area contributed by atoms with Crippen LogP contribution in [0.1, 0.15) is 42.6 Å². The van der Waals surface area contributed by atoms with Crippen LogP contribution in [0.3, 0.4) is 0 Å². The summed E-state index contributed by atoms with van der Waals surface area (Å²) in [7, 11) is 0. The Labute approximate surface area is 193 Å². The van der Waals surface area contributed by atoms with E-state index >= 15 is 0 Å². The first kappa shape index (κ1) is 21.1. The van der Waals surface area contributed by atoms with Gasteiger partial charge in [-0.15, -0.1) is 0 Å². The molecule has 1 aromatic carbocycles. The van der Waals surface area contributed by atoms with Gasteiger partial charge in [0.1, 0.15) is 0 Å². The summed E-state index contributed by atoms with van der Waals surface area (Å²) in [6.07, 6.45) is 13.1. The van der Waals surface area contributed by atoms with Crippen molar-refractivity contribution in [3.63, 3.8) is 0 Å². The second-order valence-corrected chi connectivity index (χ2v) is 9.28. The molecular formula is C26H28ClN5. The van der Waals surface area contributed by atoms with Crippen molar-refractivity contribution in [2.24, 2.45) is 11.7 Å². The molecule has 0 saturated heterocycles. The average Bonchev–Trinajstić information content (AvgIpc) is 3.25. The summed E-state index contributed by atoms with van der Waals surface area (Å²) in [5, 5.41) is 0.774. The number of rotatable bonds is 6. The van der Waals surface area contributed by atoms with Crippen molar-refractivity contribution in [3.05, 3.63) is 83.0 Å². The molecule has 1 aliphatic carbocycles. The van der Waals surface area contributed by atoms with E-state index in [0.29, 0.717) is 12.0 Å². The Hall–Kier alpha value is -2.76. The minimum absolute atomic E-state index is 0.366. The van der Waals surface area contributed by atoms with E-state index in [1.54, 1.807) is 0 Å². The fourth-order valence-electron chi connectivity index (χ4n) is 4.70. The predicted molar refractivity (Wildman–Crippen MR) is 129 cm³/mol. The van der Waals surface area contributed by atoms with Gasteiger partial charge in [-0.05, 0) is 80.7 Å². The SMILES string of the molecule is NC1CCC(Cc2nccn3c(-c4cccc(CCc5cccc(Cl)c5)n4)cnc23)CC1. The number of pyridine rings is 1. The summed E-state index contributed by atoms with van der Waals surface area (Å²) in [4.78, 5) is 14.3. The predicted octanol–water partition coefficient (Wildman–Crippen LogP) is 5.29. The Morgan fingerprint density at radius 3 is 2.69 bits per heavy atom. The number of fused-ring (bicyclic) bond motifs is 1. The second-order valence-electron chi connectivity index (χ2n) is 8.84. The Morgan fingerprint density at radius 1 is 1.00 bits per heavy atom. The summed E-state index contributed by atoms with van der Waals surface area (Å²) >= 11 is 6.12. The zero-order valence-corrected chi connectivity index (χ0v) is 18.9. The van der Waals surface area contributed by atoms with Crippen LogP contribution in [-0.4, -0.2) is 25.4 Å². The molecule has 0 amide bonds. The minimum atomic E-state index is 0.366. The minimum Gasteiger partial charge on any atom is -0.328 e. The molecule has 32 heavy (non-hydrogen) atoms. The molecule has 3 heterocycles. The van der Waals surface area contributed by atoms with E-state index in [9.17, 15) is 0 Å². The van der Waals surface area contributed by atoms with Gasteiger partial charge in [0.15, 0.2) is 5.65 Å². The molecule has 0 unspecified atom stereocenters. The van der Waals surface area contributed by atoms with Crippen molar-refractivity contribution in [1.29, 1.82) is 0 Å². The fourth-order valence-corrected chi connectivity index (χ4v) is 4.91. The molecule has 2 N–H and O–H groups in total. The molecule has 5 rings (SSSR count). The number of hydrogen-bond acceptors (Lipinski definition) is 4. The van der Waals surface area contributed by atoms with Crippen molar-refractivity contribution < 1.29 is 0 Å². The molecule has 6 heteroatoms. The number of aromatic nitrogens is 4. The third-order valence-electron chi connectivity index (χ3n) is 6.50. The lowest BCUT2D eigenvalue weighted by Gasteiger charge is -2.25. The largest absolute Gasteiger partial charge is 0.328 e. The Kier molecular flexibility index (Phi) is 6.19. The highest BCUT2D eigenvalue weighted by Crippen LogP contribution is 2.28. The van der Waals surface area contributed by atoms with Crippen LogP contribution in [0.5, 0.6) is 0 Å². The van der Waals surface area contributed by atoms with Gasteiger partial charge >= 0.3 is 0 Å². The topological polar surface area (TPSA) is 69.1 Å². The molecular weight excluding hydrogens is 418 g/mol. The van der Waals surface area contributed by atoms with Crippen molar-refractivity contribution in [2.75, 3.05) is 0 Å². The van der Waals surface area contributed by atoms with E-state index in [0.717, 1.165) is 65.5 Å².